The van der Waals surface area contributed by atoms with Crippen molar-refractivity contribution in [2.24, 2.45) is 0 Å². The zero-order valence-corrected chi connectivity index (χ0v) is 8.48. The molecular formula is C9H12ClF2NO. The zero-order valence-electron chi connectivity index (χ0n) is 7.67. The standard InChI is InChI=1S/C9H11F2NO.ClH/c1-6-2-3-8(7(12)4-6)13-5-9(10)11;/h2-4,9H,5,12H2,1H3;1H. The van der Waals surface area contributed by atoms with Crippen LogP contribution in [0.15, 0.2) is 18.2 Å². The number of hydrogen-bond acceptors (Lipinski definition) is 2. The van der Waals surface area contributed by atoms with E-state index in [1.54, 1.807) is 18.2 Å². The van der Waals surface area contributed by atoms with E-state index >= 15 is 0 Å². The van der Waals surface area contributed by atoms with E-state index in [0.29, 0.717) is 11.4 Å². The molecule has 0 aromatic heterocycles. The van der Waals surface area contributed by atoms with Crippen molar-refractivity contribution in [2.45, 2.75) is 13.3 Å². The van der Waals surface area contributed by atoms with Gasteiger partial charge in [0.25, 0.3) is 6.43 Å². The fraction of sp³-hybridized carbons (Fsp3) is 0.333. The molecule has 0 unspecified atom stereocenters. The highest BCUT2D eigenvalue weighted by atomic mass is 35.5. The van der Waals surface area contributed by atoms with Gasteiger partial charge in [0.2, 0.25) is 0 Å². The van der Waals surface area contributed by atoms with Crippen molar-refractivity contribution >= 4 is 18.1 Å². The number of anilines is 1. The number of nitrogens with two attached hydrogens (primary N) is 1. The van der Waals surface area contributed by atoms with E-state index in [2.05, 4.69) is 0 Å². The molecule has 0 atom stereocenters. The lowest BCUT2D eigenvalue weighted by Crippen LogP contribution is -2.08. The van der Waals surface area contributed by atoms with Crippen LogP contribution in [0.4, 0.5) is 14.5 Å². The van der Waals surface area contributed by atoms with Gasteiger partial charge in [0, 0.05) is 0 Å². The second-order valence-electron chi connectivity index (χ2n) is 2.74. The predicted octanol–water partition coefficient (Wildman–Crippen LogP) is 2.64. The molecule has 2 N–H and O–H groups in total. The Kier molecular flexibility index (Phi) is 5.23. The van der Waals surface area contributed by atoms with Crippen LogP contribution in [0.5, 0.6) is 5.75 Å². The molecular weight excluding hydrogens is 212 g/mol. The summed E-state index contributed by atoms with van der Waals surface area (Å²) >= 11 is 0. The minimum absolute atomic E-state index is 0. The lowest BCUT2D eigenvalue weighted by Gasteiger charge is -2.08. The van der Waals surface area contributed by atoms with Gasteiger partial charge in [-0.25, -0.2) is 8.78 Å². The molecule has 0 saturated heterocycles. The summed E-state index contributed by atoms with van der Waals surface area (Å²) in [5.74, 6) is 0.311. The van der Waals surface area contributed by atoms with Crippen molar-refractivity contribution in [1.29, 1.82) is 0 Å². The summed E-state index contributed by atoms with van der Waals surface area (Å²) in [6, 6.07) is 5.03. The Balaban J connectivity index is 0.00000169. The van der Waals surface area contributed by atoms with E-state index in [9.17, 15) is 8.78 Å². The highest BCUT2D eigenvalue weighted by Crippen LogP contribution is 2.22. The Labute approximate surface area is 87.5 Å². The minimum atomic E-state index is -2.47. The molecule has 0 amide bonds. The van der Waals surface area contributed by atoms with Crippen molar-refractivity contribution in [1.82, 2.24) is 0 Å². The minimum Gasteiger partial charge on any atom is -0.485 e. The van der Waals surface area contributed by atoms with Gasteiger partial charge in [-0.3, -0.25) is 0 Å². The van der Waals surface area contributed by atoms with Crippen LogP contribution in [0.1, 0.15) is 5.56 Å². The fourth-order valence-corrected chi connectivity index (χ4v) is 0.952. The predicted molar refractivity (Wildman–Crippen MR) is 54.3 cm³/mol. The van der Waals surface area contributed by atoms with E-state index in [-0.39, 0.29) is 12.4 Å². The Morgan fingerprint density at radius 2 is 2.07 bits per heavy atom. The average Bonchev–Trinajstić information content (AvgIpc) is 2.02. The first kappa shape index (κ1) is 13.0. The highest BCUT2D eigenvalue weighted by molar-refractivity contribution is 5.85. The lowest BCUT2D eigenvalue weighted by molar-refractivity contribution is 0.0823. The SMILES string of the molecule is Cc1ccc(OCC(F)F)c(N)c1.Cl. The second-order valence-corrected chi connectivity index (χ2v) is 2.74. The molecule has 0 spiro atoms. The molecule has 0 aliphatic carbocycles. The summed E-state index contributed by atoms with van der Waals surface area (Å²) < 4.78 is 28.3. The molecule has 14 heavy (non-hydrogen) atoms. The molecule has 0 bridgehead atoms. The molecule has 0 heterocycles. The van der Waals surface area contributed by atoms with Gasteiger partial charge in [0.1, 0.15) is 12.4 Å². The molecule has 1 aromatic rings. The van der Waals surface area contributed by atoms with Crippen molar-refractivity contribution < 1.29 is 13.5 Å². The van der Waals surface area contributed by atoms with E-state index in [0.717, 1.165) is 5.56 Å². The van der Waals surface area contributed by atoms with Crippen LogP contribution >= 0.6 is 12.4 Å². The van der Waals surface area contributed by atoms with Crippen LogP contribution in [-0.4, -0.2) is 13.0 Å². The number of ether oxygens (including phenoxy) is 1. The molecule has 1 aromatic carbocycles. The van der Waals surface area contributed by atoms with Gasteiger partial charge in [-0.05, 0) is 24.6 Å². The van der Waals surface area contributed by atoms with Gasteiger partial charge < -0.3 is 10.5 Å². The molecule has 80 valence electrons. The Morgan fingerprint density at radius 3 is 2.57 bits per heavy atom. The summed E-state index contributed by atoms with van der Waals surface area (Å²) in [4.78, 5) is 0. The van der Waals surface area contributed by atoms with Crippen LogP contribution in [0.3, 0.4) is 0 Å². The number of rotatable bonds is 3. The van der Waals surface area contributed by atoms with Crippen LogP contribution in [0.25, 0.3) is 0 Å². The molecule has 5 heteroatoms. The largest absolute Gasteiger partial charge is 0.485 e. The van der Waals surface area contributed by atoms with Crippen LogP contribution in [0, 0.1) is 6.92 Å². The molecule has 2 nitrogen and oxygen atoms in total. The van der Waals surface area contributed by atoms with Gasteiger partial charge in [-0.15, -0.1) is 12.4 Å². The maximum absolute atomic E-state index is 11.8. The summed E-state index contributed by atoms with van der Waals surface area (Å²) in [5, 5.41) is 0. The van der Waals surface area contributed by atoms with Crippen molar-refractivity contribution in [3.63, 3.8) is 0 Å². The third-order valence-electron chi connectivity index (χ3n) is 1.53. The normalized spacial score (nSPS) is 9.71. The molecule has 0 aliphatic heterocycles. The first-order valence-corrected chi connectivity index (χ1v) is 3.86. The van der Waals surface area contributed by atoms with E-state index in [1.807, 2.05) is 6.92 Å². The summed E-state index contributed by atoms with van der Waals surface area (Å²) in [7, 11) is 0. The number of aryl methyl sites for hydroxylation is 1. The van der Waals surface area contributed by atoms with Crippen LogP contribution < -0.4 is 10.5 Å². The van der Waals surface area contributed by atoms with Gasteiger partial charge in [0.15, 0.2) is 0 Å². The fourth-order valence-electron chi connectivity index (χ4n) is 0.952. The van der Waals surface area contributed by atoms with Crippen molar-refractivity contribution in [3.8, 4) is 5.75 Å². The number of nitrogen functional groups attached to an aromatic ring is 1. The smallest absolute Gasteiger partial charge is 0.272 e. The third kappa shape index (κ3) is 3.79. The van der Waals surface area contributed by atoms with E-state index in [4.69, 9.17) is 10.5 Å². The van der Waals surface area contributed by atoms with Gasteiger partial charge in [-0.1, -0.05) is 6.07 Å². The monoisotopic (exact) mass is 223 g/mol. The average molecular weight is 224 g/mol. The maximum atomic E-state index is 11.8. The summed E-state index contributed by atoms with van der Waals surface area (Å²) in [6.07, 6.45) is -2.47. The molecule has 0 fully saturated rings. The third-order valence-corrected chi connectivity index (χ3v) is 1.53. The highest BCUT2D eigenvalue weighted by Gasteiger charge is 2.05. The number of halogens is 3. The molecule has 0 saturated carbocycles. The second kappa shape index (κ2) is 5.65. The molecule has 0 aliphatic rings. The maximum Gasteiger partial charge on any atom is 0.272 e. The zero-order chi connectivity index (χ0) is 9.84. The quantitative estimate of drug-likeness (QED) is 0.800. The van der Waals surface area contributed by atoms with E-state index in [1.165, 1.54) is 0 Å². The van der Waals surface area contributed by atoms with Crippen LogP contribution in [-0.2, 0) is 0 Å². The number of hydrogen-bond donors (Lipinski definition) is 1. The first-order valence-electron chi connectivity index (χ1n) is 3.86. The van der Waals surface area contributed by atoms with Crippen molar-refractivity contribution in [2.75, 3.05) is 12.3 Å². The van der Waals surface area contributed by atoms with Gasteiger partial charge in [0.05, 0.1) is 5.69 Å². The van der Waals surface area contributed by atoms with Gasteiger partial charge in [-0.2, -0.15) is 0 Å². The van der Waals surface area contributed by atoms with Crippen LogP contribution in [0.2, 0.25) is 0 Å². The summed E-state index contributed by atoms with van der Waals surface area (Å²) in [5.41, 5.74) is 6.90. The Morgan fingerprint density at radius 1 is 1.43 bits per heavy atom. The van der Waals surface area contributed by atoms with Crippen molar-refractivity contribution in [3.05, 3.63) is 23.8 Å². The lowest BCUT2D eigenvalue weighted by atomic mass is 10.2. The Hall–Kier alpha value is -1.03. The molecule has 0 radical (unpaired) electrons. The number of benzene rings is 1. The topological polar surface area (TPSA) is 35.2 Å². The Bertz CT molecular complexity index is 294. The van der Waals surface area contributed by atoms with E-state index < -0.39 is 13.0 Å². The van der Waals surface area contributed by atoms with Gasteiger partial charge >= 0.3 is 0 Å². The molecule has 1 rings (SSSR count). The summed E-state index contributed by atoms with van der Waals surface area (Å²) in [6.45, 7) is 1.25. The number of alkyl halides is 2. The first-order chi connectivity index (χ1) is 6.09.